The monoisotopic (exact) mass is 366 g/mol. The minimum Gasteiger partial charge on any atom is -0.357 e. The highest BCUT2D eigenvalue weighted by Crippen LogP contribution is 2.32. The molecule has 1 saturated carbocycles. The van der Waals surface area contributed by atoms with Crippen molar-refractivity contribution in [2.45, 2.75) is 44.6 Å². The van der Waals surface area contributed by atoms with Crippen LogP contribution in [0.25, 0.3) is 0 Å². The minimum atomic E-state index is -3.15. The van der Waals surface area contributed by atoms with E-state index in [2.05, 4.69) is 50.7 Å². The largest absolute Gasteiger partial charge is 0.357 e. The molecule has 2 rings (SSSR count). The summed E-state index contributed by atoms with van der Waals surface area (Å²) in [6, 6.07) is 11.1. The molecule has 7 heteroatoms. The van der Waals surface area contributed by atoms with Gasteiger partial charge in [-0.05, 0) is 44.1 Å². The van der Waals surface area contributed by atoms with E-state index in [1.54, 1.807) is 0 Å². The van der Waals surface area contributed by atoms with Gasteiger partial charge >= 0.3 is 0 Å². The molecule has 0 aliphatic heterocycles. The summed E-state index contributed by atoms with van der Waals surface area (Å²) in [7, 11) is -3.15. The zero-order chi connectivity index (χ0) is 18.1. The molecule has 6 nitrogen and oxygen atoms in total. The molecule has 0 unspecified atom stereocenters. The van der Waals surface area contributed by atoms with Gasteiger partial charge in [-0.3, -0.25) is 4.99 Å². The number of nitrogens with one attached hydrogen (secondary N) is 3. The summed E-state index contributed by atoms with van der Waals surface area (Å²) in [5.41, 5.74) is 1.44. The molecule has 0 saturated heterocycles. The van der Waals surface area contributed by atoms with Gasteiger partial charge in [0.15, 0.2) is 5.96 Å². The van der Waals surface area contributed by atoms with Crippen molar-refractivity contribution >= 4 is 16.0 Å². The number of rotatable bonds is 7. The SMILES string of the molecule is CCNC(=NCCNS(C)(=O)=O)NC1CCC(c2ccccc2)CC1. The van der Waals surface area contributed by atoms with Crippen molar-refractivity contribution in [3.63, 3.8) is 0 Å². The van der Waals surface area contributed by atoms with Gasteiger partial charge in [-0.2, -0.15) is 0 Å². The van der Waals surface area contributed by atoms with Crippen LogP contribution in [0.15, 0.2) is 35.3 Å². The lowest BCUT2D eigenvalue weighted by molar-refractivity contribution is 0.371. The Kier molecular flexibility index (Phi) is 7.71. The maximum Gasteiger partial charge on any atom is 0.208 e. The van der Waals surface area contributed by atoms with Crippen LogP contribution in [0.3, 0.4) is 0 Å². The molecule has 0 aromatic heterocycles. The maximum absolute atomic E-state index is 11.1. The van der Waals surface area contributed by atoms with Crippen molar-refractivity contribution in [1.29, 1.82) is 0 Å². The van der Waals surface area contributed by atoms with Gasteiger partial charge in [0, 0.05) is 19.1 Å². The van der Waals surface area contributed by atoms with Gasteiger partial charge in [0.05, 0.1) is 12.8 Å². The highest BCUT2D eigenvalue weighted by atomic mass is 32.2. The second kappa shape index (κ2) is 9.77. The Bertz CT molecular complexity index is 638. The van der Waals surface area contributed by atoms with Gasteiger partial charge in [0.25, 0.3) is 0 Å². The lowest BCUT2D eigenvalue weighted by atomic mass is 9.82. The Hall–Kier alpha value is -1.60. The normalized spacial score (nSPS) is 21.8. The van der Waals surface area contributed by atoms with Crippen LogP contribution in [0.5, 0.6) is 0 Å². The summed E-state index contributed by atoms with van der Waals surface area (Å²) < 4.78 is 24.6. The van der Waals surface area contributed by atoms with Crippen LogP contribution in [0.2, 0.25) is 0 Å². The number of hydrogen-bond acceptors (Lipinski definition) is 3. The van der Waals surface area contributed by atoms with Gasteiger partial charge in [0.1, 0.15) is 0 Å². The van der Waals surface area contributed by atoms with Crippen LogP contribution in [0.1, 0.15) is 44.1 Å². The van der Waals surface area contributed by atoms with Gasteiger partial charge in [0.2, 0.25) is 10.0 Å². The molecule has 1 fully saturated rings. The van der Waals surface area contributed by atoms with E-state index in [-0.39, 0.29) is 0 Å². The van der Waals surface area contributed by atoms with Crippen LogP contribution < -0.4 is 15.4 Å². The number of hydrogen-bond donors (Lipinski definition) is 3. The Morgan fingerprint density at radius 3 is 2.44 bits per heavy atom. The number of sulfonamides is 1. The summed E-state index contributed by atoms with van der Waals surface area (Å²) in [4.78, 5) is 4.46. The van der Waals surface area contributed by atoms with Crippen molar-refractivity contribution < 1.29 is 8.42 Å². The molecule has 0 amide bonds. The number of benzene rings is 1. The van der Waals surface area contributed by atoms with Gasteiger partial charge in [-0.1, -0.05) is 30.3 Å². The van der Waals surface area contributed by atoms with Crippen molar-refractivity contribution in [2.24, 2.45) is 4.99 Å². The first kappa shape index (κ1) is 19.7. The van der Waals surface area contributed by atoms with E-state index in [4.69, 9.17) is 0 Å². The molecule has 3 N–H and O–H groups in total. The molecule has 140 valence electrons. The fraction of sp³-hybridized carbons (Fsp3) is 0.611. The van der Waals surface area contributed by atoms with Crippen LogP contribution >= 0.6 is 0 Å². The number of nitrogens with zero attached hydrogens (tertiary/aromatic N) is 1. The maximum atomic E-state index is 11.1. The molecule has 25 heavy (non-hydrogen) atoms. The van der Waals surface area contributed by atoms with Crippen LogP contribution in [-0.4, -0.2) is 46.3 Å². The minimum absolute atomic E-state index is 0.316. The van der Waals surface area contributed by atoms with Gasteiger partial charge in [-0.15, -0.1) is 0 Å². The van der Waals surface area contributed by atoms with Gasteiger partial charge in [-0.25, -0.2) is 13.1 Å². The average molecular weight is 367 g/mol. The second-order valence-electron chi connectivity index (χ2n) is 6.53. The quantitative estimate of drug-likeness (QED) is 0.390. The van der Waals surface area contributed by atoms with Crippen LogP contribution in [0, 0.1) is 0 Å². The Morgan fingerprint density at radius 2 is 1.84 bits per heavy atom. The summed E-state index contributed by atoms with van der Waals surface area (Å²) >= 11 is 0. The summed E-state index contributed by atoms with van der Waals surface area (Å²) in [5.74, 6) is 1.42. The smallest absolute Gasteiger partial charge is 0.208 e. The first-order valence-electron chi connectivity index (χ1n) is 9.02. The summed E-state index contributed by atoms with van der Waals surface area (Å²) in [6.45, 7) is 3.54. The Labute approximate surface area is 151 Å². The van der Waals surface area contributed by atoms with E-state index >= 15 is 0 Å². The molecular weight excluding hydrogens is 336 g/mol. The van der Waals surface area contributed by atoms with Crippen LogP contribution in [0.4, 0.5) is 0 Å². The summed E-state index contributed by atoms with van der Waals surface area (Å²) in [5, 5.41) is 6.72. The predicted molar refractivity (Wildman–Crippen MR) is 103 cm³/mol. The van der Waals surface area contributed by atoms with E-state index in [1.165, 1.54) is 18.4 Å². The standard InChI is InChI=1S/C18H30N4O2S/c1-3-19-18(20-13-14-21-25(2,23)24)22-17-11-9-16(10-12-17)15-7-5-4-6-8-15/h4-8,16-17,21H,3,9-14H2,1-2H3,(H2,19,20,22). The van der Waals surface area contributed by atoms with Crippen molar-refractivity contribution in [2.75, 3.05) is 25.9 Å². The molecule has 0 heterocycles. The highest BCUT2D eigenvalue weighted by Gasteiger charge is 2.22. The second-order valence-corrected chi connectivity index (χ2v) is 8.36. The third kappa shape index (κ3) is 7.44. The van der Waals surface area contributed by atoms with Crippen LogP contribution in [-0.2, 0) is 10.0 Å². The van der Waals surface area contributed by atoms with E-state index in [1.807, 2.05) is 6.92 Å². The first-order valence-corrected chi connectivity index (χ1v) is 10.9. The highest BCUT2D eigenvalue weighted by molar-refractivity contribution is 7.88. The lowest BCUT2D eigenvalue weighted by Crippen LogP contribution is -2.45. The van der Waals surface area contributed by atoms with E-state index < -0.39 is 10.0 Å². The molecule has 0 spiro atoms. The van der Waals surface area contributed by atoms with Crippen molar-refractivity contribution in [3.8, 4) is 0 Å². The van der Waals surface area contributed by atoms with E-state index in [0.717, 1.165) is 31.6 Å². The van der Waals surface area contributed by atoms with E-state index in [0.29, 0.717) is 25.0 Å². The summed E-state index contributed by atoms with van der Waals surface area (Å²) in [6.07, 6.45) is 5.75. The molecule has 1 aliphatic rings. The third-order valence-electron chi connectivity index (χ3n) is 4.43. The molecule has 0 atom stereocenters. The van der Waals surface area contributed by atoms with E-state index in [9.17, 15) is 8.42 Å². The molecular formula is C18H30N4O2S. The average Bonchev–Trinajstić information content (AvgIpc) is 2.59. The molecule has 0 radical (unpaired) electrons. The third-order valence-corrected chi connectivity index (χ3v) is 5.16. The number of guanidine groups is 1. The fourth-order valence-corrected chi connectivity index (χ4v) is 3.67. The molecule has 1 aromatic rings. The van der Waals surface area contributed by atoms with Crippen molar-refractivity contribution in [1.82, 2.24) is 15.4 Å². The Balaban J connectivity index is 1.80. The molecule has 1 aromatic carbocycles. The van der Waals surface area contributed by atoms with Crippen molar-refractivity contribution in [3.05, 3.63) is 35.9 Å². The number of aliphatic imine (C=N–C) groups is 1. The van der Waals surface area contributed by atoms with Gasteiger partial charge < -0.3 is 10.6 Å². The zero-order valence-corrected chi connectivity index (χ0v) is 16.0. The topological polar surface area (TPSA) is 82.6 Å². The Morgan fingerprint density at radius 1 is 1.16 bits per heavy atom. The molecule has 0 bridgehead atoms. The predicted octanol–water partition coefficient (Wildman–Crippen LogP) is 1.82. The molecule has 1 aliphatic carbocycles. The lowest BCUT2D eigenvalue weighted by Gasteiger charge is -2.30. The fourth-order valence-electron chi connectivity index (χ4n) is 3.21. The first-order chi connectivity index (χ1) is 12.0. The zero-order valence-electron chi connectivity index (χ0n) is 15.2.